The number of aromatic nitrogens is 1. The van der Waals surface area contributed by atoms with E-state index in [1.54, 1.807) is 12.1 Å². The second kappa shape index (κ2) is 8.83. The molecule has 2 saturated heterocycles. The fourth-order valence-electron chi connectivity index (χ4n) is 3.60. The lowest BCUT2D eigenvalue weighted by Crippen LogP contribution is -2.40. The van der Waals surface area contributed by atoms with Crippen molar-refractivity contribution in [2.45, 2.75) is 38.3 Å². The van der Waals surface area contributed by atoms with E-state index >= 15 is 0 Å². The number of primary amides is 1. The fraction of sp³-hybridized carbons (Fsp3) is 0.435. The molecule has 2 aromatic rings. The van der Waals surface area contributed by atoms with E-state index in [0.717, 1.165) is 13.1 Å². The highest BCUT2D eigenvalue weighted by Gasteiger charge is 2.48. The average Bonchev–Trinajstić information content (AvgIpc) is 2.96. The molecule has 1 aromatic carbocycles. The molecule has 4 N–H and O–H groups in total. The monoisotopic (exact) mass is 458 g/mol. The van der Waals surface area contributed by atoms with Crippen LogP contribution in [0.2, 0.25) is 0 Å². The van der Waals surface area contributed by atoms with Gasteiger partial charge >= 0.3 is 5.92 Å². The summed E-state index contributed by atoms with van der Waals surface area (Å²) in [7, 11) is 0. The van der Waals surface area contributed by atoms with E-state index in [1.807, 2.05) is 13.8 Å². The van der Waals surface area contributed by atoms with Crippen LogP contribution in [-0.2, 0) is 4.79 Å². The topological polar surface area (TPSA) is 116 Å². The number of nitrogens with zero attached hydrogens (tertiary/aromatic N) is 1. The van der Waals surface area contributed by atoms with Crippen LogP contribution in [0, 0.1) is 17.8 Å². The molecule has 3 heterocycles. The van der Waals surface area contributed by atoms with Gasteiger partial charge in [0.25, 0.3) is 11.8 Å². The summed E-state index contributed by atoms with van der Waals surface area (Å²) in [4.78, 5) is 27.8. The van der Waals surface area contributed by atoms with Gasteiger partial charge in [0.1, 0.15) is 12.4 Å². The SMILES string of the molecule is CC(C)Oc1cc2c(OCC3CC(F)(F)C(=O)N3)ncc(C#CC3CNC3)c2cc1C(N)=O. The van der Waals surface area contributed by atoms with Crippen molar-refractivity contribution in [3.05, 3.63) is 29.5 Å². The minimum Gasteiger partial charge on any atom is -0.490 e. The molecule has 2 amide bonds. The molecule has 2 aliphatic rings. The van der Waals surface area contributed by atoms with Crippen LogP contribution >= 0.6 is 0 Å². The quantitative estimate of drug-likeness (QED) is 0.567. The lowest BCUT2D eigenvalue weighted by molar-refractivity contribution is -0.139. The van der Waals surface area contributed by atoms with Gasteiger partial charge in [0.15, 0.2) is 0 Å². The van der Waals surface area contributed by atoms with E-state index in [0.29, 0.717) is 16.3 Å². The number of fused-ring (bicyclic) bond motifs is 1. The Hall–Kier alpha value is -3.45. The first kappa shape index (κ1) is 22.7. The average molecular weight is 458 g/mol. The second-order valence-electron chi connectivity index (χ2n) is 8.42. The molecule has 0 saturated carbocycles. The number of amides is 2. The third-order valence-corrected chi connectivity index (χ3v) is 5.36. The number of halogens is 2. The van der Waals surface area contributed by atoms with Gasteiger partial charge in [-0.1, -0.05) is 11.8 Å². The zero-order chi connectivity index (χ0) is 23.8. The molecule has 1 aromatic heterocycles. The Morgan fingerprint density at radius 1 is 1.33 bits per heavy atom. The zero-order valence-corrected chi connectivity index (χ0v) is 18.2. The number of carbonyl (C=O) groups excluding carboxylic acids is 2. The number of carbonyl (C=O) groups is 2. The van der Waals surface area contributed by atoms with E-state index < -0.39 is 30.2 Å². The van der Waals surface area contributed by atoms with Crippen molar-refractivity contribution in [3.8, 4) is 23.5 Å². The normalized spacial score (nSPS) is 19.5. The summed E-state index contributed by atoms with van der Waals surface area (Å²) in [5.74, 6) is 1.49. The van der Waals surface area contributed by atoms with Crippen LogP contribution in [0.15, 0.2) is 18.3 Å². The standard InChI is InChI=1S/C23H24F2N4O4/c1-12(2)33-19-6-17-16(5-18(19)20(26)30)14(4-3-13-8-27-9-13)10-28-21(17)32-11-15-7-23(24,25)22(31)29-15/h5-6,10,12-13,15,27H,7-9,11H2,1-2H3,(H2,26,30)(H,29,31). The number of hydrogen-bond acceptors (Lipinski definition) is 6. The van der Waals surface area contributed by atoms with E-state index in [9.17, 15) is 18.4 Å². The summed E-state index contributed by atoms with van der Waals surface area (Å²) in [6.07, 6.45) is 0.616. The minimum atomic E-state index is -3.42. The Bertz CT molecular complexity index is 1170. The molecular weight excluding hydrogens is 434 g/mol. The predicted molar refractivity (Wildman–Crippen MR) is 116 cm³/mol. The van der Waals surface area contributed by atoms with E-state index in [1.165, 1.54) is 6.20 Å². The largest absolute Gasteiger partial charge is 0.490 e. The molecule has 1 atom stereocenters. The number of rotatable bonds is 6. The van der Waals surface area contributed by atoms with E-state index in [-0.39, 0.29) is 35.8 Å². The number of hydrogen-bond donors (Lipinski definition) is 3. The van der Waals surface area contributed by atoms with Crippen LogP contribution in [0.3, 0.4) is 0 Å². The van der Waals surface area contributed by atoms with Gasteiger partial charge in [-0.3, -0.25) is 9.59 Å². The van der Waals surface area contributed by atoms with Gasteiger partial charge in [-0.15, -0.1) is 0 Å². The predicted octanol–water partition coefficient (Wildman–Crippen LogP) is 1.59. The van der Waals surface area contributed by atoms with Crippen molar-refractivity contribution in [3.63, 3.8) is 0 Å². The second-order valence-corrected chi connectivity index (χ2v) is 8.42. The lowest BCUT2D eigenvalue weighted by atomic mass is 10.0. The van der Waals surface area contributed by atoms with Crippen molar-refractivity contribution in [2.24, 2.45) is 11.7 Å². The van der Waals surface area contributed by atoms with Gasteiger partial charge in [0, 0.05) is 42.4 Å². The molecule has 0 spiro atoms. The summed E-state index contributed by atoms with van der Waals surface area (Å²) >= 11 is 0. The van der Waals surface area contributed by atoms with Crippen LogP contribution in [0.5, 0.6) is 11.6 Å². The van der Waals surface area contributed by atoms with Gasteiger partial charge in [0.2, 0.25) is 5.88 Å². The number of nitrogens with one attached hydrogen (secondary N) is 2. The van der Waals surface area contributed by atoms with Gasteiger partial charge in [-0.25, -0.2) is 4.98 Å². The van der Waals surface area contributed by atoms with Gasteiger partial charge < -0.3 is 25.8 Å². The molecule has 0 radical (unpaired) electrons. The number of ether oxygens (including phenoxy) is 2. The van der Waals surface area contributed by atoms with Crippen LogP contribution in [0.1, 0.15) is 36.2 Å². The zero-order valence-electron chi connectivity index (χ0n) is 18.2. The van der Waals surface area contributed by atoms with E-state index in [4.69, 9.17) is 15.2 Å². The highest BCUT2D eigenvalue weighted by Crippen LogP contribution is 2.34. The molecule has 33 heavy (non-hydrogen) atoms. The molecule has 10 heteroatoms. The first-order valence-electron chi connectivity index (χ1n) is 10.6. The summed E-state index contributed by atoms with van der Waals surface area (Å²) in [6, 6.07) is 2.32. The maximum atomic E-state index is 13.5. The van der Waals surface area contributed by atoms with Crippen molar-refractivity contribution < 1.29 is 27.8 Å². The summed E-state index contributed by atoms with van der Waals surface area (Å²) < 4.78 is 38.6. The molecule has 0 bridgehead atoms. The first-order valence-corrected chi connectivity index (χ1v) is 10.6. The maximum absolute atomic E-state index is 13.5. The van der Waals surface area contributed by atoms with Crippen LogP contribution in [0.4, 0.5) is 8.78 Å². The Labute approximate surface area is 189 Å². The summed E-state index contributed by atoms with van der Waals surface area (Å²) in [6.45, 7) is 5.02. The van der Waals surface area contributed by atoms with Crippen molar-refractivity contribution in [1.29, 1.82) is 0 Å². The minimum absolute atomic E-state index is 0.148. The Kier molecular flexibility index (Phi) is 6.08. The Morgan fingerprint density at radius 3 is 2.67 bits per heavy atom. The fourth-order valence-corrected chi connectivity index (χ4v) is 3.60. The number of benzene rings is 1. The molecule has 2 fully saturated rings. The smallest absolute Gasteiger partial charge is 0.326 e. The highest BCUT2D eigenvalue weighted by molar-refractivity contribution is 6.03. The number of pyridine rings is 1. The van der Waals surface area contributed by atoms with Crippen LogP contribution in [0.25, 0.3) is 10.8 Å². The number of nitrogens with two attached hydrogens (primary N) is 1. The summed E-state index contributed by atoms with van der Waals surface area (Å²) in [5.41, 5.74) is 6.34. The van der Waals surface area contributed by atoms with Crippen molar-refractivity contribution >= 4 is 22.6 Å². The maximum Gasteiger partial charge on any atom is 0.326 e. The van der Waals surface area contributed by atoms with E-state index in [2.05, 4.69) is 27.5 Å². The molecule has 4 rings (SSSR count). The lowest BCUT2D eigenvalue weighted by Gasteiger charge is -2.21. The molecule has 174 valence electrons. The molecular formula is C23H24F2N4O4. The number of alkyl halides is 2. The van der Waals surface area contributed by atoms with Gasteiger partial charge in [-0.2, -0.15) is 8.78 Å². The highest BCUT2D eigenvalue weighted by atomic mass is 19.3. The third-order valence-electron chi connectivity index (χ3n) is 5.36. The van der Waals surface area contributed by atoms with Crippen LogP contribution in [-0.4, -0.2) is 54.6 Å². The van der Waals surface area contributed by atoms with Gasteiger partial charge in [-0.05, 0) is 26.0 Å². The van der Waals surface area contributed by atoms with Crippen molar-refractivity contribution in [1.82, 2.24) is 15.6 Å². The molecule has 0 aliphatic carbocycles. The Balaban J connectivity index is 1.73. The molecule has 8 nitrogen and oxygen atoms in total. The van der Waals surface area contributed by atoms with Gasteiger partial charge in [0.05, 0.1) is 23.3 Å². The van der Waals surface area contributed by atoms with Crippen molar-refractivity contribution in [2.75, 3.05) is 19.7 Å². The molecule has 1 unspecified atom stereocenters. The Morgan fingerprint density at radius 2 is 2.09 bits per heavy atom. The first-order chi connectivity index (χ1) is 15.6. The summed E-state index contributed by atoms with van der Waals surface area (Å²) in [5, 5.41) is 6.44. The third kappa shape index (κ3) is 4.83. The van der Waals surface area contributed by atoms with Crippen LogP contribution < -0.4 is 25.8 Å². The molecule has 2 aliphatic heterocycles.